The van der Waals surface area contributed by atoms with Gasteiger partial charge in [0.05, 0.1) is 19.3 Å². The van der Waals surface area contributed by atoms with Crippen LogP contribution < -0.4 is 10.9 Å². The van der Waals surface area contributed by atoms with Gasteiger partial charge < -0.3 is 9.47 Å². The fourth-order valence-corrected chi connectivity index (χ4v) is 3.42. The minimum atomic E-state index is -0.256. The maximum Gasteiger partial charge on any atom is 0.324 e. The molecule has 1 aromatic carbocycles. The van der Waals surface area contributed by atoms with E-state index in [2.05, 4.69) is 23.0 Å². The van der Waals surface area contributed by atoms with Gasteiger partial charge in [-0.1, -0.05) is 30.3 Å². The van der Waals surface area contributed by atoms with Crippen molar-refractivity contribution in [2.24, 2.45) is 5.92 Å². The molecule has 0 aromatic heterocycles. The van der Waals surface area contributed by atoms with Gasteiger partial charge in [-0.05, 0) is 31.7 Å². The summed E-state index contributed by atoms with van der Waals surface area (Å²) in [7, 11) is 0. The monoisotopic (exact) mass is 304 g/mol. The normalized spacial score (nSPS) is 30.8. The molecule has 3 rings (SSSR count). The molecule has 1 saturated heterocycles. The Bertz CT molecular complexity index is 494. The second-order valence-electron chi connectivity index (χ2n) is 6.02. The molecule has 4 unspecified atom stereocenters. The third-order valence-corrected chi connectivity index (χ3v) is 4.57. The first-order valence-electron chi connectivity index (χ1n) is 8.11. The van der Waals surface area contributed by atoms with Crippen LogP contribution in [-0.4, -0.2) is 30.8 Å². The predicted molar refractivity (Wildman–Crippen MR) is 82.8 cm³/mol. The molecule has 1 aliphatic heterocycles. The van der Waals surface area contributed by atoms with Gasteiger partial charge in [0.25, 0.3) is 0 Å². The van der Waals surface area contributed by atoms with E-state index in [0.717, 1.165) is 19.3 Å². The highest BCUT2D eigenvalue weighted by atomic mass is 16.5. The Morgan fingerprint density at radius 2 is 2.05 bits per heavy atom. The molecule has 1 aromatic rings. The third kappa shape index (κ3) is 3.48. The van der Waals surface area contributed by atoms with Gasteiger partial charge in [-0.3, -0.25) is 10.2 Å². The molecule has 4 atom stereocenters. The average Bonchev–Trinajstić information content (AvgIpc) is 2.97. The Kier molecular flexibility index (Phi) is 5.08. The molecule has 1 heterocycles. The van der Waals surface area contributed by atoms with Gasteiger partial charge in [-0.15, -0.1) is 0 Å². The summed E-state index contributed by atoms with van der Waals surface area (Å²) in [6.07, 6.45) is 3.15. The lowest BCUT2D eigenvalue weighted by atomic mass is 9.80. The van der Waals surface area contributed by atoms with E-state index in [4.69, 9.17) is 9.47 Å². The number of carbonyl (C=O) groups is 1. The van der Waals surface area contributed by atoms with Gasteiger partial charge in [0.2, 0.25) is 0 Å². The van der Waals surface area contributed by atoms with Crippen LogP contribution in [0.4, 0.5) is 0 Å². The van der Waals surface area contributed by atoms with E-state index >= 15 is 0 Å². The number of hydrogen-bond donors (Lipinski definition) is 2. The molecule has 1 saturated carbocycles. The highest BCUT2D eigenvalue weighted by molar-refractivity contribution is 5.76. The number of rotatable bonds is 5. The van der Waals surface area contributed by atoms with Crippen molar-refractivity contribution in [1.29, 1.82) is 0 Å². The summed E-state index contributed by atoms with van der Waals surface area (Å²) in [4.78, 5) is 12.0. The zero-order valence-electron chi connectivity index (χ0n) is 13.0. The average molecular weight is 304 g/mol. The Hall–Kier alpha value is -1.43. The van der Waals surface area contributed by atoms with Gasteiger partial charge in [0.1, 0.15) is 6.04 Å². The number of benzene rings is 1. The van der Waals surface area contributed by atoms with E-state index in [0.29, 0.717) is 19.3 Å². The van der Waals surface area contributed by atoms with Gasteiger partial charge >= 0.3 is 5.97 Å². The van der Waals surface area contributed by atoms with Crippen LogP contribution in [0.2, 0.25) is 0 Å². The lowest BCUT2D eigenvalue weighted by Gasteiger charge is -2.32. The number of ether oxygens (including phenoxy) is 2. The Labute approximate surface area is 131 Å². The molecule has 5 heteroatoms. The minimum absolute atomic E-state index is 0.161. The Balaban J connectivity index is 1.55. The standard InChI is InChI=1S/C17H24N2O3/c1-2-21-17(20)16-14-10-13(8-9-15(14)18-19-16)22-11-12-6-4-3-5-7-12/h3-7,13-16,18-19H,2,8-11H2,1H3. The predicted octanol–water partition coefficient (Wildman–Crippen LogP) is 1.78. The van der Waals surface area contributed by atoms with Crippen LogP contribution in [0.3, 0.4) is 0 Å². The lowest BCUT2D eigenvalue weighted by Crippen LogP contribution is -2.41. The van der Waals surface area contributed by atoms with Crippen LogP contribution in [0.1, 0.15) is 31.7 Å². The zero-order chi connectivity index (χ0) is 15.4. The van der Waals surface area contributed by atoms with Crippen molar-refractivity contribution in [2.45, 2.75) is 51.0 Å². The summed E-state index contributed by atoms with van der Waals surface area (Å²) in [6.45, 7) is 2.89. The fraction of sp³-hybridized carbons (Fsp3) is 0.588. The molecule has 0 radical (unpaired) electrons. The van der Waals surface area contributed by atoms with Crippen molar-refractivity contribution in [3.05, 3.63) is 35.9 Å². The van der Waals surface area contributed by atoms with Crippen LogP contribution in [0, 0.1) is 5.92 Å². The zero-order valence-corrected chi connectivity index (χ0v) is 13.0. The van der Waals surface area contributed by atoms with Crippen molar-refractivity contribution >= 4 is 5.97 Å². The molecule has 1 aliphatic carbocycles. The van der Waals surface area contributed by atoms with E-state index in [-0.39, 0.29) is 24.0 Å². The van der Waals surface area contributed by atoms with Gasteiger partial charge in [-0.25, -0.2) is 5.43 Å². The molecule has 22 heavy (non-hydrogen) atoms. The van der Waals surface area contributed by atoms with E-state index in [1.165, 1.54) is 5.56 Å². The fourth-order valence-electron chi connectivity index (χ4n) is 3.42. The summed E-state index contributed by atoms with van der Waals surface area (Å²) < 4.78 is 11.2. The second-order valence-corrected chi connectivity index (χ2v) is 6.02. The maximum absolute atomic E-state index is 12.0. The first-order chi connectivity index (χ1) is 10.8. The van der Waals surface area contributed by atoms with Crippen molar-refractivity contribution in [1.82, 2.24) is 10.9 Å². The molecule has 2 fully saturated rings. The molecule has 120 valence electrons. The summed E-state index contributed by atoms with van der Waals surface area (Å²) in [5, 5.41) is 0. The van der Waals surface area contributed by atoms with Crippen LogP contribution in [-0.2, 0) is 20.9 Å². The SMILES string of the molecule is CCOC(=O)C1NNC2CCC(OCc3ccccc3)CC21. The van der Waals surface area contributed by atoms with Crippen molar-refractivity contribution in [3.63, 3.8) is 0 Å². The van der Waals surface area contributed by atoms with Crippen molar-refractivity contribution in [2.75, 3.05) is 6.61 Å². The van der Waals surface area contributed by atoms with Gasteiger partial charge in [-0.2, -0.15) is 0 Å². The molecule has 0 bridgehead atoms. The quantitative estimate of drug-likeness (QED) is 0.812. The van der Waals surface area contributed by atoms with Crippen LogP contribution in [0.25, 0.3) is 0 Å². The van der Waals surface area contributed by atoms with Crippen molar-refractivity contribution < 1.29 is 14.3 Å². The van der Waals surface area contributed by atoms with E-state index in [1.54, 1.807) is 0 Å². The molecule has 0 spiro atoms. The largest absolute Gasteiger partial charge is 0.465 e. The number of esters is 1. The number of fused-ring (bicyclic) bond motifs is 1. The number of hydrazine groups is 1. The number of nitrogens with one attached hydrogen (secondary N) is 2. The molecular weight excluding hydrogens is 280 g/mol. The van der Waals surface area contributed by atoms with Gasteiger partial charge in [0.15, 0.2) is 0 Å². The first-order valence-corrected chi connectivity index (χ1v) is 8.11. The van der Waals surface area contributed by atoms with Crippen molar-refractivity contribution in [3.8, 4) is 0 Å². The Morgan fingerprint density at radius 1 is 1.23 bits per heavy atom. The highest BCUT2D eigenvalue weighted by Gasteiger charge is 2.44. The summed E-state index contributed by atoms with van der Waals surface area (Å²) >= 11 is 0. The van der Waals surface area contributed by atoms with Gasteiger partial charge in [0, 0.05) is 12.0 Å². The second kappa shape index (κ2) is 7.22. The van der Waals surface area contributed by atoms with E-state index in [9.17, 15) is 4.79 Å². The summed E-state index contributed by atoms with van der Waals surface area (Å²) in [6, 6.07) is 10.3. The smallest absolute Gasteiger partial charge is 0.324 e. The minimum Gasteiger partial charge on any atom is -0.465 e. The van der Waals surface area contributed by atoms with Crippen LogP contribution in [0.15, 0.2) is 30.3 Å². The van der Waals surface area contributed by atoms with E-state index in [1.807, 2.05) is 25.1 Å². The van der Waals surface area contributed by atoms with Crippen LogP contribution >= 0.6 is 0 Å². The topological polar surface area (TPSA) is 59.6 Å². The summed E-state index contributed by atoms with van der Waals surface area (Å²) in [5.41, 5.74) is 7.52. The summed E-state index contributed by atoms with van der Waals surface area (Å²) in [5.74, 6) is 0.0831. The molecule has 0 amide bonds. The Morgan fingerprint density at radius 3 is 2.82 bits per heavy atom. The third-order valence-electron chi connectivity index (χ3n) is 4.57. The molecule has 2 aliphatic rings. The highest BCUT2D eigenvalue weighted by Crippen LogP contribution is 2.32. The molecule has 2 N–H and O–H groups in total. The maximum atomic E-state index is 12.0. The van der Waals surface area contributed by atoms with Crippen LogP contribution in [0.5, 0.6) is 0 Å². The van der Waals surface area contributed by atoms with E-state index < -0.39 is 0 Å². The number of hydrogen-bond acceptors (Lipinski definition) is 5. The molecule has 5 nitrogen and oxygen atoms in total. The molecular formula is C17H24N2O3. The number of carbonyl (C=O) groups excluding carboxylic acids is 1. The lowest BCUT2D eigenvalue weighted by molar-refractivity contribution is -0.147. The first kappa shape index (κ1) is 15.5.